The summed E-state index contributed by atoms with van der Waals surface area (Å²) in [5.41, 5.74) is 0.408. The van der Waals surface area contributed by atoms with E-state index < -0.39 is 68.2 Å². The molecule has 13 heteroatoms. The summed E-state index contributed by atoms with van der Waals surface area (Å²) >= 11 is 0. The summed E-state index contributed by atoms with van der Waals surface area (Å²) < 4.78 is 39.6. The highest BCUT2D eigenvalue weighted by molar-refractivity contribution is 7.90. The Kier molecular flexibility index (Phi) is 11.3. The van der Waals surface area contributed by atoms with Crippen molar-refractivity contribution in [3.8, 4) is 5.88 Å². The van der Waals surface area contributed by atoms with E-state index in [0.717, 1.165) is 21.9 Å². The molecule has 53 heavy (non-hydrogen) atoms. The Hall–Kier alpha value is -4.65. The van der Waals surface area contributed by atoms with Crippen molar-refractivity contribution < 1.29 is 41.9 Å². The molecule has 282 valence electrons. The first-order valence-electron chi connectivity index (χ1n) is 18.4. The van der Waals surface area contributed by atoms with Crippen molar-refractivity contribution in [2.45, 2.75) is 95.5 Å². The molecular formula is C40H47N3O9S. The van der Waals surface area contributed by atoms with Crippen LogP contribution in [0.5, 0.6) is 5.88 Å². The quantitative estimate of drug-likeness (QED) is 0.188. The molecule has 3 fully saturated rings. The molecule has 0 spiro atoms. The predicted molar refractivity (Wildman–Crippen MR) is 198 cm³/mol. The van der Waals surface area contributed by atoms with Crippen molar-refractivity contribution in [3.63, 3.8) is 0 Å². The summed E-state index contributed by atoms with van der Waals surface area (Å²) in [6.45, 7) is 7.53. The maximum Gasteiger partial charge on any atom is 0.306 e. The number of amides is 2. The summed E-state index contributed by atoms with van der Waals surface area (Å²) in [4.78, 5) is 74.1. The van der Waals surface area contributed by atoms with Crippen molar-refractivity contribution in [2.75, 3.05) is 13.2 Å². The molecule has 1 saturated heterocycles. The fourth-order valence-electron chi connectivity index (χ4n) is 7.38. The predicted octanol–water partition coefficient (Wildman–Crippen LogP) is 5.02. The Bertz CT molecular complexity index is 1980. The second kappa shape index (κ2) is 15.8. The molecule has 0 radical (unpaired) electrons. The molecule has 1 N–H and O–H groups in total. The van der Waals surface area contributed by atoms with Gasteiger partial charge in [0.25, 0.3) is 0 Å². The molecule has 5 atom stereocenters. The first kappa shape index (κ1) is 38.1. The molecule has 2 aliphatic carbocycles. The largest absolute Gasteiger partial charge is 0.472 e. The number of benzene rings is 1. The zero-order valence-corrected chi connectivity index (χ0v) is 31.1. The molecule has 2 aromatic rings. The van der Waals surface area contributed by atoms with Crippen LogP contribution in [0.4, 0.5) is 0 Å². The minimum absolute atomic E-state index is 0.00800. The van der Waals surface area contributed by atoms with E-state index in [1.165, 1.54) is 11.0 Å². The van der Waals surface area contributed by atoms with E-state index in [0.29, 0.717) is 31.6 Å². The van der Waals surface area contributed by atoms with E-state index in [1.807, 2.05) is 36.4 Å². The zero-order chi connectivity index (χ0) is 37.9. The normalized spacial score (nSPS) is 26.8. The van der Waals surface area contributed by atoms with Crippen LogP contribution in [0.2, 0.25) is 0 Å². The molecule has 1 aromatic heterocycles. The monoisotopic (exact) mass is 745 g/mol. The number of ketones is 2. The van der Waals surface area contributed by atoms with Crippen LogP contribution in [-0.2, 0) is 38.7 Å². The Labute approximate surface area is 310 Å². The molecule has 1 unspecified atom stereocenters. The molecule has 12 nitrogen and oxygen atoms in total. The van der Waals surface area contributed by atoms with Gasteiger partial charge >= 0.3 is 5.97 Å². The number of hydrogen-bond acceptors (Lipinski definition) is 10. The van der Waals surface area contributed by atoms with Crippen LogP contribution < -0.4 is 9.46 Å². The number of carbonyl (C=O) groups is 5. The number of nitrogens with zero attached hydrogens (tertiary/aromatic N) is 2. The van der Waals surface area contributed by atoms with Gasteiger partial charge in [-0.15, -0.1) is 6.58 Å². The minimum atomic E-state index is -3.87. The topological polar surface area (TPSA) is 166 Å². The maximum atomic E-state index is 14.5. The van der Waals surface area contributed by atoms with Crippen LogP contribution in [0.25, 0.3) is 16.8 Å². The summed E-state index contributed by atoms with van der Waals surface area (Å²) in [7, 11) is -3.87. The Morgan fingerprint density at radius 2 is 1.94 bits per heavy atom. The SMILES string of the molecule is C=CC1C[C@]1(CC(=O)[C@@H]1C[C@@H]2CN1C(=O)[C@H](CCC(=O)C=C(C)C)CC(=O)OCCC/C=C/c1ccc3ccnc(c3c1)O2)C(=O)NS(=O)(=O)C1CC1. The lowest BCUT2D eigenvalue weighted by molar-refractivity contribution is -0.150. The van der Waals surface area contributed by atoms with Crippen LogP contribution in [-0.4, -0.2) is 78.2 Å². The highest BCUT2D eigenvalue weighted by atomic mass is 32.2. The number of allylic oxidation sites excluding steroid dienone is 4. The molecule has 3 heterocycles. The molecule has 4 aliphatic rings. The van der Waals surface area contributed by atoms with E-state index in [2.05, 4.69) is 16.3 Å². The lowest BCUT2D eigenvalue weighted by atomic mass is 9.90. The number of esters is 1. The molecule has 2 saturated carbocycles. The molecule has 2 amide bonds. The first-order chi connectivity index (χ1) is 25.3. The second-order valence-corrected chi connectivity index (χ2v) is 17.0. The van der Waals surface area contributed by atoms with Crippen molar-refractivity contribution in [3.05, 3.63) is 66.4 Å². The van der Waals surface area contributed by atoms with Crippen LogP contribution in [0.1, 0.15) is 83.6 Å². The second-order valence-electron chi connectivity index (χ2n) is 15.0. The first-order valence-corrected chi connectivity index (χ1v) is 19.9. The number of aromatic nitrogens is 1. The van der Waals surface area contributed by atoms with E-state index in [1.54, 1.807) is 26.1 Å². The average Bonchev–Trinajstić information content (AvgIpc) is 4.04. The van der Waals surface area contributed by atoms with Gasteiger partial charge in [0.05, 0.1) is 36.3 Å². The van der Waals surface area contributed by atoms with Gasteiger partial charge < -0.3 is 14.4 Å². The number of cyclic esters (lactones) is 1. The summed E-state index contributed by atoms with van der Waals surface area (Å²) in [6.07, 6.45) is 9.90. The standard InChI is InChI=1S/C40H47N3O9S/c1-4-29-22-40(29,39(48)42-53(49,50)32-13-14-32)23-35(45)34-21-31-24-43(34)38(47)28(11-12-30(44)18-25(2)3)20-36(46)51-17-7-5-6-8-26-9-10-27-15-16-41-37(52-31)33(27)19-26/h4,6,8-10,15-16,18-19,28-29,31-32,34H,1,5,7,11-14,17,20-24H2,2-3H3,(H,42,48)/b8-6+/t28-,29?,31-,34+,40-/m1/s1. The summed E-state index contributed by atoms with van der Waals surface area (Å²) in [5.74, 6) is -3.50. The molecule has 2 aliphatic heterocycles. The van der Waals surface area contributed by atoms with E-state index in [-0.39, 0.29) is 57.5 Å². The maximum absolute atomic E-state index is 14.5. The van der Waals surface area contributed by atoms with Gasteiger partial charge in [-0.1, -0.05) is 35.9 Å². The highest BCUT2D eigenvalue weighted by Gasteiger charge is 2.61. The Balaban J connectivity index is 1.32. The third-order valence-electron chi connectivity index (χ3n) is 10.5. The number of Topliss-reactive ketones (excluding diaryl/α,β-unsaturated/α-hetero) is 1. The van der Waals surface area contributed by atoms with Gasteiger partial charge in [-0.3, -0.25) is 28.7 Å². The summed E-state index contributed by atoms with van der Waals surface area (Å²) in [5, 5.41) is 1.03. The summed E-state index contributed by atoms with van der Waals surface area (Å²) in [6, 6.07) is 6.71. The van der Waals surface area contributed by atoms with Crippen molar-refractivity contribution in [2.24, 2.45) is 17.3 Å². The average molecular weight is 746 g/mol. The van der Waals surface area contributed by atoms with Gasteiger partial charge in [-0.25, -0.2) is 13.4 Å². The number of nitrogens with one attached hydrogen (secondary N) is 1. The third kappa shape index (κ3) is 8.94. The lowest BCUT2D eigenvalue weighted by Gasteiger charge is -2.28. The van der Waals surface area contributed by atoms with Gasteiger partial charge in [0.2, 0.25) is 27.7 Å². The van der Waals surface area contributed by atoms with Gasteiger partial charge in [0.1, 0.15) is 6.10 Å². The van der Waals surface area contributed by atoms with Crippen molar-refractivity contribution in [1.82, 2.24) is 14.6 Å². The Morgan fingerprint density at radius 1 is 1.15 bits per heavy atom. The fourth-order valence-corrected chi connectivity index (χ4v) is 8.76. The number of fused-ring (bicyclic) bond motifs is 3. The number of hydrogen-bond donors (Lipinski definition) is 1. The van der Waals surface area contributed by atoms with Gasteiger partial charge in [0.15, 0.2) is 11.6 Å². The Morgan fingerprint density at radius 3 is 2.66 bits per heavy atom. The van der Waals surface area contributed by atoms with Crippen molar-refractivity contribution in [1.29, 1.82) is 0 Å². The van der Waals surface area contributed by atoms with Crippen LogP contribution in [0.15, 0.2) is 60.8 Å². The van der Waals surface area contributed by atoms with Crippen LogP contribution in [0, 0.1) is 17.3 Å². The van der Waals surface area contributed by atoms with Crippen LogP contribution >= 0.6 is 0 Å². The van der Waals surface area contributed by atoms with Crippen LogP contribution in [0.3, 0.4) is 0 Å². The smallest absolute Gasteiger partial charge is 0.306 e. The van der Waals surface area contributed by atoms with E-state index in [9.17, 15) is 32.4 Å². The molecule has 1 aromatic carbocycles. The highest BCUT2D eigenvalue weighted by Crippen LogP contribution is 2.57. The number of sulfonamides is 1. The van der Waals surface area contributed by atoms with Gasteiger partial charge in [-0.2, -0.15) is 0 Å². The minimum Gasteiger partial charge on any atom is -0.472 e. The zero-order valence-electron chi connectivity index (χ0n) is 30.3. The molecule has 4 bridgehead atoms. The molecule has 6 rings (SSSR count). The van der Waals surface area contributed by atoms with E-state index >= 15 is 0 Å². The number of rotatable bonds is 11. The fraction of sp³-hybridized carbons (Fsp3) is 0.500. The van der Waals surface area contributed by atoms with E-state index in [4.69, 9.17) is 9.47 Å². The number of ether oxygens (including phenoxy) is 2. The number of pyridine rings is 1. The molecular weight excluding hydrogens is 699 g/mol. The number of carbonyl (C=O) groups excluding carboxylic acids is 5. The van der Waals surface area contributed by atoms with Gasteiger partial charge in [0, 0.05) is 36.8 Å². The lowest BCUT2D eigenvalue weighted by Crippen LogP contribution is -2.46. The third-order valence-corrected chi connectivity index (χ3v) is 12.4. The van der Waals surface area contributed by atoms with Gasteiger partial charge in [-0.05, 0) is 87.4 Å². The van der Waals surface area contributed by atoms with Crippen molar-refractivity contribution >= 4 is 56.2 Å².